The molecule has 0 bridgehead atoms. The second-order valence-corrected chi connectivity index (χ2v) is 8.55. The number of carbonyl (C=O) groups is 2. The van der Waals surface area contributed by atoms with Gasteiger partial charge in [0.05, 0.1) is 17.8 Å². The first kappa shape index (κ1) is 21.0. The van der Waals surface area contributed by atoms with Gasteiger partial charge in [0.25, 0.3) is 5.56 Å². The summed E-state index contributed by atoms with van der Waals surface area (Å²) >= 11 is 1.54. The highest BCUT2D eigenvalue weighted by atomic mass is 32.2. The molecular formula is C22H23N5O3S. The Labute approximate surface area is 183 Å². The van der Waals surface area contributed by atoms with E-state index in [1.807, 2.05) is 32.0 Å². The minimum Gasteiger partial charge on any atom is -0.324 e. The number of rotatable bonds is 5. The van der Waals surface area contributed by atoms with E-state index in [1.54, 1.807) is 29.2 Å². The highest BCUT2D eigenvalue weighted by Gasteiger charge is 2.34. The van der Waals surface area contributed by atoms with Crippen molar-refractivity contribution in [2.45, 2.75) is 32.9 Å². The average Bonchev–Trinajstić information content (AvgIpc) is 3.26. The minimum atomic E-state index is -0.543. The summed E-state index contributed by atoms with van der Waals surface area (Å²) in [6, 6.07) is 12.2. The molecule has 0 radical (unpaired) electrons. The third-order valence-electron chi connectivity index (χ3n) is 5.45. The predicted molar refractivity (Wildman–Crippen MR) is 121 cm³/mol. The Morgan fingerprint density at radius 1 is 1.16 bits per heavy atom. The fourth-order valence-electron chi connectivity index (χ4n) is 3.47. The number of hydrogen-bond acceptors (Lipinski definition) is 6. The van der Waals surface area contributed by atoms with E-state index in [4.69, 9.17) is 0 Å². The normalized spacial score (nSPS) is 15.9. The molecule has 9 heteroatoms. The molecule has 4 rings (SSSR count). The SMILES string of the molecule is Cc1ccc(NC(=O)C2CSCN2C(=O)CCn2nnc3ccccc3c2=O)cc1C. The number of hydrogen-bond donors (Lipinski definition) is 1. The Kier molecular flexibility index (Phi) is 6.03. The van der Waals surface area contributed by atoms with Gasteiger partial charge in [0, 0.05) is 17.9 Å². The van der Waals surface area contributed by atoms with Crippen molar-refractivity contribution in [1.29, 1.82) is 0 Å². The van der Waals surface area contributed by atoms with Crippen LogP contribution in [0.2, 0.25) is 0 Å². The van der Waals surface area contributed by atoms with Crippen LogP contribution >= 0.6 is 11.8 Å². The van der Waals surface area contributed by atoms with Gasteiger partial charge in [0.15, 0.2) is 0 Å². The number of fused-ring (bicyclic) bond motifs is 1. The van der Waals surface area contributed by atoms with Crippen LogP contribution in [0.4, 0.5) is 5.69 Å². The summed E-state index contributed by atoms with van der Waals surface area (Å²) in [4.78, 5) is 39.8. The number of aromatic nitrogens is 3. The van der Waals surface area contributed by atoms with Crippen molar-refractivity contribution in [3.05, 3.63) is 63.9 Å². The number of benzene rings is 2. The molecule has 31 heavy (non-hydrogen) atoms. The maximum absolute atomic E-state index is 12.8. The molecule has 1 aromatic heterocycles. The monoisotopic (exact) mass is 437 g/mol. The lowest BCUT2D eigenvalue weighted by atomic mass is 10.1. The number of aryl methyl sites for hydroxylation is 3. The van der Waals surface area contributed by atoms with E-state index in [1.165, 1.54) is 16.4 Å². The zero-order valence-electron chi connectivity index (χ0n) is 17.4. The highest BCUT2D eigenvalue weighted by molar-refractivity contribution is 7.99. The molecule has 1 fully saturated rings. The maximum Gasteiger partial charge on any atom is 0.277 e. The zero-order chi connectivity index (χ0) is 22.0. The molecule has 2 aromatic carbocycles. The molecule has 160 valence electrons. The van der Waals surface area contributed by atoms with Crippen molar-refractivity contribution in [2.75, 3.05) is 16.9 Å². The summed E-state index contributed by atoms with van der Waals surface area (Å²) in [5.74, 6) is 0.594. The van der Waals surface area contributed by atoms with Gasteiger partial charge in [0.2, 0.25) is 11.8 Å². The Morgan fingerprint density at radius 3 is 2.77 bits per heavy atom. The molecule has 1 N–H and O–H groups in total. The van der Waals surface area contributed by atoms with E-state index in [0.717, 1.165) is 16.8 Å². The van der Waals surface area contributed by atoms with Crippen molar-refractivity contribution < 1.29 is 9.59 Å². The van der Waals surface area contributed by atoms with E-state index >= 15 is 0 Å². The van der Waals surface area contributed by atoms with Crippen LogP contribution in [-0.2, 0) is 16.1 Å². The van der Waals surface area contributed by atoms with Crippen molar-refractivity contribution in [1.82, 2.24) is 19.9 Å². The third-order valence-corrected chi connectivity index (χ3v) is 6.46. The summed E-state index contributed by atoms with van der Waals surface area (Å²) in [6.45, 7) is 4.12. The summed E-state index contributed by atoms with van der Waals surface area (Å²) in [6.07, 6.45) is 0.0703. The molecular weight excluding hydrogens is 414 g/mol. The molecule has 3 aromatic rings. The molecule has 8 nitrogen and oxygen atoms in total. The van der Waals surface area contributed by atoms with Crippen molar-refractivity contribution in [3.63, 3.8) is 0 Å². The second-order valence-electron chi connectivity index (χ2n) is 7.55. The van der Waals surface area contributed by atoms with Crippen molar-refractivity contribution in [3.8, 4) is 0 Å². The summed E-state index contributed by atoms with van der Waals surface area (Å²) in [7, 11) is 0. The first-order valence-corrected chi connectivity index (χ1v) is 11.2. The number of amides is 2. The maximum atomic E-state index is 12.8. The van der Waals surface area contributed by atoms with Crippen LogP contribution in [0.3, 0.4) is 0 Å². The predicted octanol–water partition coefficient (Wildman–Crippen LogP) is 2.34. The van der Waals surface area contributed by atoms with Gasteiger partial charge in [-0.2, -0.15) is 0 Å². The lowest BCUT2D eigenvalue weighted by Gasteiger charge is -2.23. The quantitative estimate of drug-likeness (QED) is 0.658. The number of thioether (sulfide) groups is 1. The topological polar surface area (TPSA) is 97.2 Å². The average molecular weight is 438 g/mol. The Hall–Kier alpha value is -3.20. The molecule has 0 saturated carbocycles. The highest BCUT2D eigenvalue weighted by Crippen LogP contribution is 2.24. The van der Waals surface area contributed by atoms with Crippen LogP contribution in [0, 0.1) is 13.8 Å². The van der Waals surface area contributed by atoms with Gasteiger partial charge in [-0.05, 0) is 49.2 Å². The third kappa shape index (κ3) is 4.46. The van der Waals surface area contributed by atoms with Gasteiger partial charge in [0.1, 0.15) is 11.6 Å². The molecule has 2 heterocycles. The van der Waals surface area contributed by atoms with Gasteiger partial charge >= 0.3 is 0 Å². The van der Waals surface area contributed by atoms with Crippen LogP contribution in [0.5, 0.6) is 0 Å². The summed E-state index contributed by atoms with van der Waals surface area (Å²) in [5, 5.41) is 11.4. The molecule has 1 unspecified atom stereocenters. The molecule has 1 saturated heterocycles. The molecule has 1 aliphatic rings. The number of anilines is 1. The van der Waals surface area contributed by atoms with E-state index in [0.29, 0.717) is 22.5 Å². The molecule has 2 amide bonds. The lowest BCUT2D eigenvalue weighted by molar-refractivity contribution is -0.136. The number of nitrogens with one attached hydrogen (secondary N) is 1. The second kappa shape index (κ2) is 8.89. The fourth-order valence-corrected chi connectivity index (χ4v) is 4.65. The van der Waals surface area contributed by atoms with E-state index in [2.05, 4.69) is 15.6 Å². The Balaban J connectivity index is 1.42. The summed E-state index contributed by atoms with van der Waals surface area (Å²) in [5.41, 5.74) is 3.20. The largest absolute Gasteiger partial charge is 0.324 e. The van der Waals surface area contributed by atoms with Crippen molar-refractivity contribution >= 4 is 40.2 Å². The van der Waals surface area contributed by atoms with Crippen LogP contribution < -0.4 is 10.9 Å². The number of carbonyl (C=O) groups excluding carboxylic acids is 2. The van der Waals surface area contributed by atoms with E-state index in [9.17, 15) is 14.4 Å². The zero-order valence-corrected chi connectivity index (χ0v) is 18.2. The summed E-state index contributed by atoms with van der Waals surface area (Å²) < 4.78 is 1.20. The number of nitrogens with zero attached hydrogens (tertiary/aromatic N) is 4. The van der Waals surface area contributed by atoms with E-state index < -0.39 is 6.04 Å². The van der Waals surface area contributed by atoms with Crippen LogP contribution in [0.15, 0.2) is 47.3 Å². The van der Waals surface area contributed by atoms with Crippen molar-refractivity contribution in [2.24, 2.45) is 0 Å². The standard InChI is InChI=1S/C22H23N5O3S/c1-14-7-8-16(11-15(14)2)23-21(29)19-12-31-13-26(19)20(28)9-10-27-22(30)17-5-3-4-6-18(17)24-25-27/h3-8,11,19H,9-10,12-13H2,1-2H3,(H,23,29). The first-order valence-electron chi connectivity index (χ1n) is 10.0. The van der Waals surface area contributed by atoms with Crippen LogP contribution in [0.25, 0.3) is 10.9 Å². The Bertz CT molecular complexity index is 1210. The smallest absolute Gasteiger partial charge is 0.277 e. The van der Waals surface area contributed by atoms with Gasteiger partial charge in [-0.3, -0.25) is 14.4 Å². The van der Waals surface area contributed by atoms with Gasteiger partial charge in [-0.1, -0.05) is 23.4 Å². The molecule has 1 atom stereocenters. The first-order chi connectivity index (χ1) is 14.9. The van der Waals surface area contributed by atoms with Gasteiger partial charge < -0.3 is 10.2 Å². The molecule has 0 spiro atoms. The van der Waals surface area contributed by atoms with Gasteiger partial charge in [-0.25, -0.2) is 4.68 Å². The molecule has 1 aliphatic heterocycles. The van der Waals surface area contributed by atoms with Gasteiger partial charge in [-0.15, -0.1) is 16.9 Å². The lowest BCUT2D eigenvalue weighted by Crippen LogP contribution is -2.45. The van der Waals surface area contributed by atoms with Crippen LogP contribution in [0.1, 0.15) is 17.5 Å². The fraction of sp³-hybridized carbons (Fsp3) is 0.318. The van der Waals surface area contributed by atoms with E-state index in [-0.39, 0.29) is 30.3 Å². The van der Waals surface area contributed by atoms with Crippen LogP contribution in [-0.4, -0.2) is 49.4 Å². The molecule has 0 aliphatic carbocycles. The minimum absolute atomic E-state index is 0.0703. The Morgan fingerprint density at radius 2 is 1.97 bits per heavy atom.